The van der Waals surface area contributed by atoms with Gasteiger partial charge in [-0.05, 0) is 30.5 Å². The first-order valence-electron chi connectivity index (χ1n) is 5.24. The van der Waals surface area contributed by atoms with E-state index in [0.29, 0.717) is 5.02 Å². The number of aromatic nitrogens is 1. The van der Waals surface area contributed by atoms with Crippen LogP contribution in [0.25, 0.3) is 0 Å². The SMILES string of the molecule is CC(N)C(Sc1ccc(Cl)cn1)c1cccs1. The summed E-state index contributed by atoms with van der Waals surface area (Å²) in [7, 11) is 0. The zero-order valence-electron chi connectivity index (χ0n) is 9.34. The number of hydrogen-bond acceptors (Lipinski definition) is 4. The second-order valence-electron chi connectivity index (χ2n) is 3.73. The van der Waals surface area contributed by atoms with Gasteiger partial charge in [0, 0.05) is 17.1 Å². The average molecular weight is 285 g/mol. The molecule has 2 N–H and O–H groups in total. The number of thiophene rings is 1. The molecule has 0 amide bonds. The van der Waals surface area contributed by atoms with E-state index in [9.17, 15) is 0 Å². The fourth-order valence-corrected chi connectivity index (χ4v) is 3.61. The number of halogens is 1. The van der Waals surface area contributed by atoms with Gasteiger partial charge in [-0.15, -0.1) is 11.3 Å². The Morgan fingerprint density at radius 3 is 2.76 bits per heavy atom. The molecular formula is C12H13ClN2S2. The summed E-state index contributed by atoms with van der Waals surface area (Å²) in [4.78, 5) is 5.57. The maximum absolute atomic E-state index is 6.04. The number of hydrogen-bond donors (Lipinski definition) is 1. The lowest BCUT2D eigenvalue weighted by Gasteiger charge is -2.18. The lowest BCUT2D eigenvalue weighted by atomic mass is 10.2. The Kier molecular flexibility index (Phi) is 4.45. The van der Waals surface area contributed by atoms with Crippen molar-refractivity contribution in [2.45, 2.75) is 23.2 Å². The highest BCUT2D eigenvalue weighted by atomic mass is 35.5. The van der Waals surface area contributed by atoms with Crippen LogP contribution in [-0.4, -0.2) is 11.0 Å². The minimum absolute atomic E-state index is 0.0797. The smallest absolute Gasteiger partial charge is 0.0967 e. The third-order valence-electron chi connectivity index (χ3n) is 2.25. The summed E-state index contributed by atoms with van der Waals surface area (Å²) in [6, 6.07) is 8.02. The van der Waals surface area contributed by atoms with Crippen molar-refractivity contribution in [3.63, 3.8) is 0 Å². The fourth-order valence-electron chi connectivity index (χ4n) is 1.44. The molecule has 17 heavy (non-hydrogen) atoms. The van der Waals surface area contributed by atoms with Gasteiger partial charge in [0.25, 0.3) is 0 Å². The first kappa shape index (κ1) is 12.9. The number of nitrogens with zero attached hydrogens (tertiary/aromatic N) is 1. The molecule has 0 bridgehead atoms. The Morgan fingerprint density at radius 2 is 2.24 bits per heavy atom. The van der Waals surface area contributed by atoms with Gasteiger partial charge in [-0.25, -0.2) is 4.98 Å². The minimum Gasteiger partial charge on any atom is -0.327 e. The molecule has 2 heterocycles. The van der Waals surface area contributed by atoms with E-state index in [1.807, 2.05) is 25.1 Å². The molecule has 0 saturated heterocycles. The number of nitrogens with two attached hydrogens (primary N) is 1. The van der Waals surface area contributed by atoms with Crippen LogP contribution < -0.4 is 5.73 Å². The zero-order chi connectivity index (χ0) is 12.3. The van der Waals surface area contributed by atoms with Gasteiger partial charge in [-0.3, -0.25) is 0 Å². The van der Waals surface area contributed by atoms with Gasteiger partial charge in [-0.2, -0.15) is 0 Å². The summed E-state index contributed by atoms with van der Waals surface area (Å²) in [5, 5.41) is 3.91. The second kappa shape index (κ2) is 5.87. The van der Waals surface area contributed by atoms with Crippen LogP contribution in [0.4, 0.5) is 0 Å². The summed E-state index contributed by atoms with van der Waals surface area (Å²) in [6.45, 7) is 2.02. The first-order chi connectivity index (χ1) is 8.16. The summed E-state index contributed by atoms with van der Waals surface area (Å²) < 4.78 is 0. The molecule has 0 fully saturated rings. The fraction of sp³-hybridized carbons (Fsp3) is 0.250. The topological polar surface area (TPSA) is 38.9 Å². The monoisotopic (exact) mass is 284 g/mol. The highest BCUT2D eigenvalue weighted by molar-refractivity contribution is 7.99. The van der Waals surface area contributed by atoms with E-state index in [1.165, 1.54) is 4.88 Å². The minimum atomic E-state index is 0.0797. The van der Waals surface area contributed by atoms with E-state index in [-0.39, 0.29) is 11.3 Å². The largest absolute Gasteiger partial charge is 0.327 e. The van der Waals surface area contributed by atoms with E-state index in [2.05, 4.69) is 16.4 Å². The maximum atomic E-state index is 6.04. The van der Waals surface area contributed by atoms with E-state index in [0.717, 1.165) is 5.03 Å². The van der Waals surface area contributed by atoms with Crippen LogP contribution in [0, 0.1) is 0 Å². The van der Waals surface area contributed by atoms with Crippen molar-refractivity contribution in [1.82, 2.24) is 4.98 Å². The molecule has 0 aliphatic rings. The highest BCUT2D eigenvalue weighted by Gasteiger charge is 2.19. The summed E-state index contributed by atoms with van der Waals surface area (Å²) in [5.74, 6) is 0. The van der Waals surface area contributed by atoms with Crippen LogP contribution in [0.1, 0.15) is 17.1 Å². The molecule has 0 saturated carbocycles. The molecule has 2 aromatic rings. The summed E-state index contributed by atoms with van der Waals surface area (Å²) >= 11 is 9.22. The summed E-state index contributed by atoms with van der Waals surface area (Å²) in [5.41, 5.74) is 6.04. The van der Waals surface area contributed by atoms with E-state index in [1.54, 1.807) is 29.3 Å². The Bertz CT molecular complexity index is 454. The van der Waals surface area contributed by atoms with Gasteiger partial charge < -0.3 is 5.73 Å². The van der Waals surface area contributed by atoms with E-state index >= 15 is 0 Å². The second-order valence-corrected chi connectivity index (χ2v) is 6.31. The van der Waals surface area contributed by atoms with Crippen molar-refractivity contribution in [3.05, 3.63) is 45.7 Å². The van der Waals surface area contributed by atoms with Gasteiger partial charge in [0.2, 0.25) is 0 Å². The molecule has 90 valence electrons. The predicted octanol–water partition coefficient (Wildman–Crippen LogP) is 3.98. The number of rotatable bonds is 4. The lowest BCUT2D eigenvalue weighted by molar-refractivity contribution is 0.728. The average Bonchev–Trinajstić information content (AvgIpc) is 2.81. The quantitative estimate of drug-likeness (QED) is 0.863. The van der Waals surface area contributed by atoms with Crippen LogP contribution in [0.15, 0.2) is 40.9 Å². The Balaban J connectivity index is 2.16. The van der Waals surface area contributed by atoms with Gasteiger partial charge in [0.1, 0.15) is 0 Å². The van der Waals surface area contributed by atoms with Crippen molar-refractivity contribution < 1.29 is 0 Å². The molecule has 0 radical (unpaired) electrons. The van der Waals surface area contributed by atoms with Gasteiger partial charge >= 0.3 is 0 Å². The molecule has 0 spiro atoms. The van der Waals surface area contributed by atoms with Crippen LogP contribution in [0.5, 0.6) is 0 Å². The normalized spacial score (nSPS) is 14.5. The van der Waals surface area contributed by atoms with E-state index < -0.39 is 0 Å². The Morgan fingerprint density at radius 1 is 1.41 bits per heavy atom. The van der Waals surface area contributed by atoms with E-state index in [4.69, 9.17) is 17.3 Å². The first-order valence-corrected chi connectivity index (χ1v) is 7.38. The third-order valence-corrected chi connectivity index (χ3v) is 5.00. The van der Waals surface area contributed by atoms with Gasteiger partial charge in [0.15, 0.2) is 0 Å². The number of thioether (sulfide) groups is 1. The van der Waals surface area contributed by atoms with Crippen molar-refractivity contribution in [2.24, 2.45) is 5.73 Å². The molecule has 5 heteroatoms. The van der Waals surface area contributed by atoms with Crippen LogP contribution >= 0.6 is 34.7 Å². The Labute approximate surface area is 114 Å². The molecule has 2 rings (SSSR count). The molecule has 0 aliphatic heterocycles. The molecule has 0 aromatic carbocycles. The lowest BCUT2D eigenvalue weighted by Crippen LogP contribution is -2.21. The van der Waals surface area contributed by atoms with Crippen LogP contribution in [0.3, 0.4) is 0 Å². The number of pyridine rings is 1. The Hall–Kier alpha value is -0.550. The molecule has 0 aliphatic carbocycles. The standard InChI is InChI=1S/C12H13ClN2S2/c1-8(14)12(10-3-2-6-16-10)17-11-5-4-9(13)7-15-11/h2-8,12H,14H2,1H3. The highest BCUT2D eigenvalue weighted by Crippen LogP contribution is 2.38. The molecule has 2 atom stereocenters. The van der Waals surface area contributed by atoms with Gasteiger partial charge in [0.05, 0.1) is 15.3 Å². The third kappa shape index (κ3) is 3.45. The molecule has 2 unspecified atom stereocenters. The summed E-state index contributed by atoms with van der Waals surface area (Å²) in [6.07, 6.45) is 1.66. The van der Waals surface area contributed by atoms with Gasteiger partial charge in [-0.1, -0.05) is 29.4 Å². The zero-order valence-corrected chi connectivity index (χ0v) is 11.7. The molecular weight excluding hydrogens is 272 g/mol. The van der Waals surface area contributed by atoms with Crippen molar-refractivity contribution in [3.8, 4) is 0 Å². The van der Waals surface area contributed by atoms with Crippen molar-refractivity contribution in [2.75, 3.05) is 0 Å². The predicted molar refractivity (Wildman–Crippen MR) is 75.8 cm³/mol. The maximum Gasteiger partial charge on any atom is 0.0967 e. The van der Waals surface area contributed by atoms with Crippen molar-refractivity contribution >= 4 is 34.7 Å². The molecule has 2 nitrogen and oxygen atoms in total. The van der Waals surface area contributed by atoms with Crippen molar-refractivity contribution in [1.29, 1.82) is 0 Å². The van der Waals surface area contributed by atoms with Crippen LogP contribution in [-0.2, 0) is 0 Å². The molecule has 2 aromatic heterocycles. The van der Waals surface area contributed by atoms with Crippen LogP contribution in [0.2, 0.25) is 5.02 Å².